The Hall–Kier alpha value is -2.43. The lowest BCUT2D eigenvalue weighted by molar-refractivity contribution is -0.385. The summed E-state index contributed by atoms with van der Waals surface area (Å²) in [5.74, 6) is -0.583. The maximum atomic E-state index is 13.4. The molecule has 0 N–H and O–H groups in total. The normalized spacial score (nSPS) is 13.4. The van der Waals surface area contributed by atoms with Crippen LogP contribution < -0.4 is 4.90 Å². The third-order valence-corrected chi connectivity index (χ3v) is 3.28. The van der Waals surface area contributed by atoms with E-state index in [2.05, 4.69) is 0 Å². The van der Waals surface area contributed by atoms with Gasteiger partial charge in [-0.05, 0) is 17.2 Å². The summed E-state index contributed by atoms with van der Waals surface area (Å²) < 4.78 is 13.4. The minimum absolute atomic E-state index is 0.217. The molecule has 3 rings (SSSR count). The number of nitro groups is 1. The molecule has 0 saturated heterocycles. The van der Waals surface area contributed by atoms with Crippen LogP contribution in [-0.4, -0.2) is 4.92 Å². The first-order chi connectivity index (χ1) is 9.13. The van der Waals surface area contributed by atoms with Crippen molar-refractivity contribution in [2.24, 2.45) is 0 Å². The zero-order valence-corrected chi connectivity index (χ0v) is 10.0. The average molecular weight is 258 g/mol. The highest BCUT2D eigenvalue weighted by Crippen LogP contribution is 2.30. The lowest BCUT2D eigenvalue weighted by Crippen LogP contribution is -2.14. The van der Waals surface area contributed by atoms with Gasteiger partial charge in [0.25, 0.3) is 5.69 Å². The maximum absolute atomic E-state index is 13.4. The largest absolute Gasteiger partial charge is 0.363 e. The molecule has 0 aliphatic carbocycles. The summed E-state index contributed by atoms with van der Waals surface area (Å²) in [6.45, 7) is 1.30. The SMILES string of the molecule is O=[N+]([O-])c1cc(F)cc(N2Cc3ccccc3C2)c1. The number of anilines is 1. The van der Waals surface area contributed by atoms with Crippen molar-refractivity contribution in [1.29, 1.82) is 0 Å². The van der Waals surface area contributed by atoms with Gasteiger partial charge < -0.3 is 4.90 Å². The molecule has 1 heterocycles. The molecule has 2 aromatic rings. The highest BCUT2D eigenvalue weighted by Gasteiger charge is 2.21. The van der Waals surface area contributed by atoms with Crippen molar-refractivity contribution in [2.45, 2.75) is 13.1 Å². The highest BCUT2D eigenvalue weighted by atomic mass is 19.1. The molecule has 0 spiro atoms. The molecular weight excluding hydrogens is 247 g/mol. The molecule has 1 aliphatic heterocycles. The van der Waals surface area contributed by atoms with Gasteiger partial charge in [-0.25, -0.2) is 4.39 Å². The second-order valence-corrected chi connectivity index (χ2v) is 4.55. The van der Waals surface area contributed by atoms with Gasteiger partial charge in [-0.1, -0.05) is 24.3 Å². The standard InChI is InChI=1S/C14H11FN2O2/c15-12-5-13(7-14(6-12)17(18)19)16-8-10-3-1-2-4-11(10)9-16/h1-7H,8-9H2. The summed E-state index contributed by atoms with van der Waals surface area (Å²) in [6.07, 6.45) is 0. The minimum atomic E-state index is -0.583. The Morgan fingerprint density at radius 3 is 2.32 bits per heavy atom. The van der Waals surface area contributed by atoms with Gasteiger partial charge in [0.15, 0.2) is 0 Å². The summed E-state index contributed by atoms with van der Waals surface area (Å²) in [5.41, 5.74) is 2.68. The number of benzene rings is 2. The van der Waals surface area contributed by atoms with E-state index < -0.39 is 10.7 Å². The molecule has 0 atom stereocenters. The molecule has 5 heteroatoms. The Balaban J connectivity index is 1.95. The summed E-state index contributed by atoms with van der Waals surface area (Å²) >= 11 is 0. The van der Waals surface area contributed by atoms with Crippen LogP contribution in [0.3, 0.4) is 0 Å². The zero-order chi connectivity index (χ0) is 13.4. The summed E-state index contributed by atoms with van der Waals surface area (Å²) in [5, 5.41) is 10.8. The third-order valence-electron chi connectivity index (χ3n) is 3.28. The van der Waals surface area contributed by atoms with Crippen molar-refractivity contribution in [1.82, 2.24) is 0 Å². The molecule has 0 bridgehead atoms. The Bertz CT molecular complexity index is 633. The maximum Gasteiger partial charge on any atom is 0.274 e. The second-order valence-electron chi connectivity index (χ2n) is 4.55. The van der Waals surface area contributed by atoms with Crippen LogP contribution in [-0.2, 0) is 13.1 Å². The van der Waals surface area contributed by atoms with E-state index in [-0.39, 0.29) is 5.69 Å². The third kappa shape index (κ3) is 2.14. The molecule has 0 radical (unpaired) electrons. The van der Waals surface area contributed by atoms with Crippen molar-refractivity contribution < 1.29 is 9.31 Å². The zero-order valence-electron chi connectivity index (χ0n) is 10.0. The predicted molar refractivity (Wildman–Crippen MR) is 69.4 cm³/mol. The number of halogens is 1. The Morgan fingerprint density at radius 1 is 1.11 bits per heavy atom. The lowest BCUT2D eigenvalue weighted by Gasteiger charge is -2.17. The Kier molecular flexibility index (Phi) is 2.67. The molecule has 0 amide bonds. The first-order valence-electron chi connectivity index (χ1n) is 5.90. The van der Waals surface area contributed by atoms with E-state index in [0.717, 1.165) is 6.07 Å². The molecule has 0 unspecified atom stereocenters. The van der Waals surface area contributed by atoms with Crippen molar-refractivity contribution in [3.05, 3.63) is 69.5 Å². The molecule has 1 aliphatic rings. The smallest absolute Gasteiger partial charge is 0.274 e. The highest BCUT2D eigenvalue weighted by molar-refractivity contribution is 5.56. The van der Waals surface area contributed by atoms with E-state index in [4.69, 9.17) is 0 Å². The number of hydrogen-bond acceptors (Lipinski definition) is 3. The summed E-state index contributed by atoms with van der Waals surface area (Å²) in [4.78, 5) is 12.1. The molecule has 0 saturated carbocycles. The van der Waals surface area contributed by atoms with Crippen LogP contribution >= 0.6 is 0 Å². The number of nitrogens with zero attached hydrogens (tertiary/aromatic N) is 2. The van der Waals surface area contributed by atoms with Crippen molar-refractivity contribution in [3.63, 3.8) is 0 Å². The van der Waals surface area contributed by atoms with Crippen LogP contribution in [0.15, 0.2) is 42.5 Å². The van der Waals surface area contributed by atoms with Crippen LogP contribution in [0.5, 0.6) is 0 Å². The lowest BCUT2D eigenvalue weighted by atomic mass is 10.1. The fourth-order valence-electron chi connectivity index (χ4n) is 2.36. The fourth-order valence-corrected chi connectivity index (χ4v) is 2.36. The van der Waals surface area contributed by atoms with Gasteiger partial charge in [-0.15, -0.1) is 0 Å². The van der Waals surface area contributed by atoms with Gasteiger partial charge in [-0.3, -0.25) is 10.1 Å². The van der Waals surface area contributed by atoms with E-state index in [9.17, 15) is 14.5 Å². The van der Waals surface area contributed by atoms with Gasteiger partial charge in [0.05, 0.1) is 11.0 Å². The number of rotatable bonds is 2. The van der Waals surface area contributed by atoms with Crippen LogP contribution in [0, 0.1) is 15.9 Å². The van der Waals surface area contributed by atoms with Crippen molar-refractivity contribution in [3.8, 4) is 0 Å². The molecule has 96 valence electrons. The van der Waals surface area contributed by atoms with Gasteiger partial charge >= 0.3 is 0 Å². The quantitative estimate of drug-likeness (QED) is 0.613. The summed E-state index contributed by atoms with van der Waals surface area (Å²) in [7, 11) is 0. The van der Waals surface area contributed by atoms with Gasteiger partial charge in [0.1, 0.15) is 5.82 Å². The van der Waals surface area contributed by atoms with E-state index in [1.165, 1.54) is 23.3 Å². The molecule has 0 aromatic heterocycles. The van der Waals surface area contributed by atoms with Crippen LogP contribution in [0.1, 0.15) is 11.1 Å². The minimum Gasteiger partial charge on any atom is -0.363 e. The fraction of sp³-hybridized carbons (Fsp3) is 0.143. The molecular formula is C14H11FN2O2. The van der Waals surface area contributed by atoms with Crippen LogP contribution in [0.4, 0.5) is 15.8 Å². The van der Waals surface area contributed by atoms with Gasteiger partial charge in [-0.2, -0.15) is 0 Å². The van der Waals surface area contributed by atoms with E-state index in [0.29, 0.717) is 18.8 Å². The molecule has 19 heavy (non-hydrogen) atoms. The summed E-state index contributed by atoms with van der Waals surface area (Å²) in [6, 6.07) is 11.6. The number of hydrogen-bond donors (Lipinski definition) is 0. The number of nitro benzene ring substituents is 1. The molecule has 4 nitrogen and oxygen atoms in total. The Labute approximate surface area is 109 Å². The first kappa shape index (κ1) is 11.6. The van der Waals surface area contributed by atoms with Crippen LogP contribution in [0.2, 0.25) is 0 Å². The molecule has 0 fully saturated rings. The number of non-ortho nitro benzene ring substituents is 1. The first-order valence-corrected chi connectivity index (χ1v) is 5.90. The van der Waals surface area contributed by atoms with Crippen molar-refractivity contribution >= 4 is 11.4 Å². The number of fused-ring (bicyclic) bond motifs is 1. The Morgan fingerprint density at radius 2 is 1.74 bits per heavy atom. The average Bonchev–Trinajstić information content (AvgIpc) is 2.81. The molecule has 2 aromatic carbocycles. The van der Waals surface area contributed by atoms with Gasteiger partial charge in [0.2, 0.25) is 0 Å². The predicted octanol–water partition coefficient (Wildman–Crippen LogP) is 3.25. The van der Waals surface area contributed by atoms with Crippen LogP contribution in [0.25, 0.3) is 0 Å². The van der Waals surface area contributed by atoms with E-state index in [1.54, 1.807) is 0 Å². The topological polar surface area (TPSA) is 46.4 Å². The van der Waals surface area contributed by atoms with E-state index in [1.807, 2.05) is 29.2 Å². The monoisotopic (exact) mass is 258 g/mol. The second kappa shape index (κ2) is 4.35. The van der Waals surface area contributed by atoms with E-state index >= 15 is 0 Å². The van der Waals surface area contributed by atoms with Crippen molar-refractivity contribution in [2.75, 3.05) is 4.90 Å². The van der Waals surface area contributed by atoms with Gasteiger partial charge in [0, 0.05) is 24.8 Å².